The normalized spacial score (nSPS) is 10.5. The molecule has 2 N–H and O–H groups in total. The molecule has 0 aliphatic heterocycles. The molecule has 1 heterocycles. The van der Waals surface area contributed by atoms with Crippen LogP contribution in [0.1, 0.15) is 24.6 Å². The van der Waals surface area contributed by atoms with E-state index in [2.05, 4.69) is 46.7 Å². The molecule has 0 atom stereocenters. The maximum atomic E-state index is 4.34. The van der Waals surface area contributed by atoms with Gasteiger partial charge < -0.3 is 5.32 Å². The Morgan fingerprint density at radius 1 is 1.24 bits per heavy atom. The molecule has 3 heteroatoms. The molecule has 2 rings (SSSR count). The van der Waals surface area contributed by atoms with E-state index in [1.54, 1.807) is 0 Å². The summed E-state index contributed by atoms with van der Waals surface area (Å²) in [6.45, 7) is 4.22. The highest BCUT2D eigenvalue weighted by Crippen LogP contribution is 2.28. The molecule has 0 bridgehead atoms. The Labute approximate surface area is 102 Å². The third-order valence-corrected chi connectivity index (χ3v) is 2.96. The van der Waals surface area contributed by atoms with Crippen LogP contribution in [0.5, 0.6) is 0 Å². The first-order valence-electron chi connectivity index (χ1n) is 6.08. The molecule has 3 nitrogen and oxygen atoms in total. The molecular formula is C14H19N3. The van der Waals surface area contributed by atoms with E-state index in [1.807, 2.05) is 14.0 Å². The fourth-order valence-electron chi connectivity index (χ4n) is 2.06. The first-order valence-corrected chi connectivity index (χ1v) is 6.08. The third-order valence-electron chi connectivity index (χ3n) is 2.96. The van der Waals surface area contributed by atoms with E-state index in [1.165, 1.54) is 12.0 Å². The number of rotatable bonds is 4. The molecule has 0 saturated carbocycles. The van der Waals surface area contributed by atoms with Crippen molar-refractivity contribution in [1.29, 1.82) is 0 Å². The monoisotopic (exact) mass is 229 g/mol. The second kappa shape index (κ2) is 5.04. The molecule has 17 heavy (non-hydrogen) atoms. The molecule has 0 amide bonds. The van der Waals surface area contributed by atoms with Crippen LogP contribution in [-0.4, -0.2) is 17.2 Å². The molecule has 0 unspecified atom stereocenters. The van der Waals surface area contributed by atoms with E-state index in [0.717, 1.165) is 29.1 Å². The topological polar surface area (TPSA) is 40.7 Å². The highest BCUT2D eigenvalue weighted by atomic mass is 15.1. The molecular weight excluding hydrogens is 210 g/mol. The number of anilines is 1. The van der Waals surface area contributed by atoms with E-state index in [0.29, 0.717) is 0 Å². The zero-order valence-corrected chi connectivity index (χ0v) is 10.7. The second-order valence-electron chi connectivity index (χ2n) is 4.27. The van der Waals surface area contributed by atoms with Gasteiger partial charge in [-0.25, -0.2) is 0 Å². The molecule has 0 fully saturated rings. The molecule has 2 aromatic rings. The largest absolute Gasteiger partial charge is 0.385 e. The molecule has 1 aromatic carbocycles. The summed E-state index contributed by atoms with van der Waals surface area (Å²) in [4.78, 5) is 0. The maximum Gasteiger partial charge on any atom is 0.115 e. The Kier molecular flexibility index (Phi) is 3.47. The number of aryl methyl sites for hydroxylation is 2. The summed E-state index contributed by atoms with van der Waals surface area (Å²) < 4.78 is 0. The Morgan fingerprint density at radius 3 is 2.53 bits per heavy atom. The van der Waals surface area contributed by atoms with Crippen LogP contribution in [0.2, 0.25) is 0 Å². The van der Waals surface area contributed by atoms with Gasteiger partial charge in [0.05, 0.1) is 11.4 Å². The fourth-order valence-corrected chi connectivity index (χ4v) is 2.06. The lowest BCUT2D eigenvalue weighted by Crippen LogP contribution is -1.91. The van der Waals surface area contributed by atoms with Gasteiger partial charge in [0.15, 0.2) is 0 Å². The lowest BCUT2D eigenvalue weighted by molar-refractivity contribution is 0.922. The van der Waals surface area contributed by atoms with Crippen molar-refractivity contribution in [3.8, 4) is 11.3 Å². The quantitative estimate of drug-likeness (QED) is 0.843. The highest BCUT2D eigenvalue weighted by molar-refractivity contribution is 5.75. The number of hydrogen-bond acceptors (Lipinski definition) is 2. The molecule has 90 valence electrons. The second-order valence-corrected chi connectivity index (χ2v) is 4.27. The van der Waals surface area contributed by atoms with Crippen molar-refractivity contribution in [2.24, 2.45) is 0 Å². The van der Waals surface area contributed by atoms with Crippen molar-refractivity contribution >= 4 is 5.69 Å². The number of H-pyrrole nitrogens is 1. The van der Waals surface area contributed by atoms with Gasteiger partial charge >= 0.3 is 0 Å². The van der Waals surface area contributed by atoms with E-state index in [4.69, 9.17) is 0 Å². The van der Waals surface area contributed by atoms with E-state index >= 15 is 0 Å². The van der Waals surface area contributed by atoms with E-state index in [9.17, 15) is 0 Å². The van der Waals surface area contributed by atoms with E-state index in [-0.39, 0.29) is 0 Å². The van der Waals surface area contributed by atoms with Crippen LogP contribution in [0.4, 0.5) is 5.69 Å². The van der Waals surface area contributed by atoms with Crippen LogP contribution < -0.4 is 5.32 Å². The van der Waals surface area contributed by atoms with Crippen LogP contribution in [-0.2, 0) is 6.42 Å². The molecule has 0 spiro atoms. The summed E-state index contributed by atoms with van der Waals surface area (Å²) in [5.41, 5.74) is 5.68. The minimum atomic E-state index is 0.994. The Balaban J connectivity index is 2.33. The van der Waals surface area contributed by atoms with Crippen LogP contribution in [0.25, 0.3) is 11.3 Å². The number of nitrogens with zero attached hydrogens (tertiary/aromatic N) is 1. The van der Waals surface area contributed by atoms with Crippen molar-refractivity contribution in [3.05, 3.63) is 35.5 Å². The third kappa shape index (κ3) is 2.33. The van der Waals surface area contributed by atoms with Gasteiger partial charge in [-0.1, -0.05) is 37.6 Å². The van der Waals surface area contributed by atoms with Crippen molar-refractivity contribution in [1.82, 2.24) is 10.2 Å². The number of aromatic amines is 1. The predicted octanol–water partition coefficient (Wildman–Crippen LogP) is 3.38. The molecule has 1 aromatic heterocycles. The first kappa shape index (κ1) is 11.7. The number of benzene rings is 1. The average Bonchev–Trinajstić information content (AvgIpc) is 2.72. The summed E-state index contributed by atoms with van der Waals surface area (Å²) in [5.74, 6) is 0. The predicted molar refractivity (Wildman–Crippen MR) is 72.3 cm³/mol. The zero-order valence-electron chi connectivity index (χ0n) is 10.7. The molecule has 0 aliphatic carbocycles. The maximum absolute atomic E-state index is 4.34. The number of hydrogen-bond donors (Lipinski definition) is 2. The molecule has 0 radical (unpaired) electrons. The van der Waals surface area contributed by atoms with Gasteiger partial charge in [-0.3, -0.25) is 5.10 Å². The smallest absolute Gasteiger partial charge is 0.115 e. The van der Waals surface area contributed by atoms with Crippen molar-refractivity contribution in [2.75, 3.05) is 12.4 Å². The van der Waals surface area contributed by atoms with Gasteiger partial charge in [0.1, 0.15) is 5.69 Å². The summed E-state index contributed by atoms with van der Waals surface area (Å²) >= 11 is 0. The minimum absolute atomic E-state index is 0.994. The van der Waals surface area contributed by atoms with Gasteiger partial charge in [0.25, 0.3) is 0 Å². The van der Waals surface area contributed by atoms with Crippen LogP contribution in [0.3, 0.4) is 0 Å². The Bertz CT molecular complexity index is 483. The summed E-state index contributed by atoms with van der Waals surface area (Å²) in [7, 11) is 1.92. The number of aromatic nitrogens is 2. The van der Waals surface area contributed by atoms with Crippen molar-refractivity contribution < 1.29 is 0 Å². The van der Waals surface area contributed by atoms with Gasteiger partial charge in [0.2, 0.25) is 0 Å². The Hall–Kier alpha value is -1.77. The van der Waals surface area contributed by atoms with Gasteiger partial charge in [-0.15, -0.1) is 0 Å². The molecule has 0 aliphatic rings. The number of nitrogens with one attached hydrogen (secondary N) is 2. The van der Waals surface area contributed by atoms with Gasteiger partial charge in [-0.05, 0) is 18.9 Å². The van der Waals surface area contributed by atoms with Gasteiger partial charge in [-0.2, -0.15) is 5.10 Å². The van der Waals surface area contributed by atoms with E-state index < -0.39 is 0 Å². The van der Waals surface area contributed by atoms with Crippen molar-refractivity contribution in [3.63, 3.8) is 0 Å². The summed E-state index contributed by atoms with van der Waals surface area (Å²) in [6, 6.07) is 8.65. The fraction of sp³-hybridized carbons (Fsp3) is 0.357. The molecule has 0 saturated heterocycles. The summed E-state index contributed by atoms with van der Waals surface area (Å²) in [5, 5.41) is 10.5. The minimum Gasteiger partial charge on any atom is -0.385 e. The highest BCUT2D eigenvalue weighted by Gasteiger charge is 2.10. The van der Waals surface area contributed by atoms with Crippen LogP contribution >= 0.6 is 0 Å². The standard InChI is InChI=1S/C14H19N3/c1-4-5-11-6-8-12(9-7-11)14-13(15-3)10(2)16-17-14/h6-9,15H,4-5H2,1-3H3,(H,16,17). The SMILES string of the molecule is CCCc1ccc(-c2n[nH]c(C)c2NC)cc1. The lowest BCUT2D eigenvalue weighted by atomic mass is 10.1. The lowest BCUT2D eigenvalue weighted by Gasteiger charge is -2.04. The Morgan fingerprint density at radius 2 is 1.94 bits per heavy atom. The van der Waals surface area contributed by atoms with Crippen LogP contribution in [0.15, 0.2) is 24.3 Å². The average molecular weight is 229 g/mol. The summed E-state index contributed by atoms with van der Waals surface area (Å²) in [6.07, 6.45) is 2.32. The van der Waals surface area contributed by atoms with Gasteiger partial charge in [0, 0.05) is 12.6 Å². The first-order chi connectivity index (χ1) is 8.26. The van der Waals surface area contributed by atoms with Crippen molar-refractivity contribution in [2.45, 2.75) is 26.7 Å². The zero-order chi connectivity index (χ0) is 12.3. The van der Waals surface area contributed by atoms with Crippen LogP contribution in [0, 0.1) is 6.92 Å².